The molecule has 0 spiro atoms. The molecule has 0 saturated heterocycles. The molecule has 16 heavy (non-hydrogen) atoms. The zero-order valence-electron chi connectivity index (χ0n) is 10.1. The second-order valence-electron chi connectivity index (χ2n) is 4.03. The highest BCUT2D eigenvalue weighted by atomic mass is 15.2. The summed E-state index contributed by atoms with van der Waals surface area (Å²) in [4.78, 5) is 6.56. The predicted octanol–water partition coefficient (Wildman–Crippen LogP) is 2.46. The molecule has 1 unspecified atom stereocenters. The molecule has 0 saturated carbocycles. The fourth-order valence-electron chi connectivity index (χ4n) is 1.60. The average Bonchev–Trinajstić information content (AvgIpc) is 2.18. The highest BCUT2D eigenvalue weighted by Crippen LogP contribution is 2.09. The maximum Gasteiger partial charge on any atom is 0.128 e. The Morgan fingerprint density at radius 1 is 1.44 bits per heavy atom. The normalized spacial score (nSPS) is 11.8. The van der Waals surface area contributed by atoms with Crippen LogP contribution in [0.2, 0.25) is 0 Å². The SMILES string of the molecule is C.CCNC(C)CN(C)c1ccc(C)cn1. The van der Waals surface area contributed by atoms with Crippen molar-refractivity contribution in [3.8, 4) is 0 Å². The van der Waals surface area contributed by atoms with E-state index >= 15 is 0 Å². The number of nitrogens with zero attached hydrogens (tertiary/aromatic N) is 2. The van der Waals surface area contributed by atoms with Gasteiger partial charge in [0.05, 0.1) is 0 Å². The molecule has 0 fully saturated rings. The van der Waals surface area contributed by atoms with Gasteiger partial charge in [-0.2, -0.15) is 0 Å². The van der Waals surface area contributed by atoms with Gasteiger partial charge in [0.1, 0.15) is 5.82 Å². The van der Waals surface area contributed by atoms with Crippen molar-refractivity contribution in [3.63, 3.8) is 0 Å². The molecular weight excluding hydrogens is 198 g/mol. The Morgan fingerprint density at radius 2 is 2.12 bits per heavy atom. The van der Waals surface area contributed by atoms with E-state index in [4.69, 9.17) is 0 Å². The first-order valence-electron chi connectivity index (χ1n) is 5.50. The second kappa shape index (κ2) is 7.23. The Bertz CT molecular complexity index is 282. The highest BCUT2D eigenvalue weighted by Gasteiger charge is 2.06. The third-order valence-corrected chi connectivity index (χ3v) is 2.39. The molecule has 1 aromatic rings. The van der Waals surface area contributed by atoms with Gasteiger partial charge in [-0.1, -0.05) is 20.4 Å². The number of pyridine rings is 1. The van der Waals surface area contributed by atoms with E-state index in [0.717, 1.165) is 18.9 Å². The van der Waals surface area contributed by atoms with Crippen LogP contribution in [0.5, 0.6) is 0 Å². The van der Waals surface area contributed by atoms with Crippen LogP contribution in [-0.4, -0.2) is 31.2 Å². The van der Waals surface area contributed by atoms with Crippen molar-refractivity contribution in [2.75, 3.05) is 25.0 Å². The standard InChI is InChI=1S/C12H21N3.CH4/c1-5-13-11(3)9-15(4)12-7-6-10(2)8-14-12;/h6-8,11,13H,5,9H2,1-4H3;1H4. The summed E-state index contributed by atoms with van der Waals surface area (Å²) in [6, 6.07) is 4.65. The van der Waals surface area contributed by atoms with E-state index in [-0.39, 0.29) is 7.43 Å². The number of nitrogens with one attached hydrogen (secondary N) is 1. The molecule has 92 valence electrons. The molecule has 0 radical (unpaired) electrons. The lowest BCUT2D eigenvalue weighted by Gasteiger charge is -2.22. The molecule has 1 aromatic heterocycles. The number of aromatic nitrogens is 1. The Labute approximate surface area is 99.9 Å². The van der Waals surface area contributed by atoms with E-state index < -0.39 is 0 Å². The van der Waals surface area contributed by atoms with Gasteiger partial charge < -0.3 is 10.2 Å². The van der Waals surface area contributed by atoms with Gasteiger partial charge in [0, 0.05) is 25.8 Å². The van der Waals surface area contributed by atoms with Gasteiger partial charge in [-0.05, 0) is 32.0 Å². The van der Waals surface area contributed by atoms with Crippen molar-refractivity contribution in [3.05, 3.63) is 23.9 Å². The van der Waals surface area contributed by atoms with E-state index in [1.165, 1.54) is 5.56 Å². The first-order chi connectivity index (χ1) is 7.13. The fourth-order valence-corrected chi connectivity index (χ4v) is 1.60. The van der Waals surface area contributed by atoms with Crippen LogP contribution in [0, 0.1) is 6.92 Å². The van der Waals surface area contributed by atoms with Crippen molar-refractivity contribution >= 4 is 5.82 Å². The summed E-state index contributed by atoms with van der Waals surface area (Å²) in [6.07, 6.45) is 1.91. The Balaban J connectivity index is 0.00000225. The van der Waals surface area contributed by atoms with E-state index in [2.05, 4.69) is 55.2 Å². The summed E-state index contributed by atoms with van der Waals surface area (Å²) in [6.45, 7) is 8.35. The first kappa shape index (κ1) is 14.9. The molecule has 0 amide bonds. The van der Waals surface area contributed by atoms with Crippen LogP contribution < -0.4 is 10.2 Å². The van der Waals surface area contributed by atoms with Crippen LogP contribution in [-0.2, 0) is 0 Å². The minimum Gasteiger partial charge on any atom is -0.358 e. The van der Waals surface area contributed by atoms with E-state index in [9.17, 15) is 0 Å². The number of rotatable bonds is 5. The van der Waals surface area contributed by atoms with Gasteiger partial charge >= 0.3 is 0 Å². The molecule has 0 aliphatic carbocycles. The molecule has 0 aliphatic heterocycles. The highest BCUT2D eigenvalue weighted by molar-refractivity contribution is 5.38. The molecule has 0 aromatic carbocycles. The average molecular weight is 223 g/mol. The zero-order chi connectivity index (χ0) is 11.3. The monoisotopic (exact) mass is 223 g/mol. The van der Waals surface area contributed by atoms with Crippen LogP contribution >= 0.6 is 0 Å². The van der Waals surface area contributed by atoms with Crippen LogP contribution in [0.25, 0.3) is 0 Å². The fraction of sp³-hybridized carbons (Fsp3) is 0.615. The number of hydrogen-bond donors (Lipinski definition) is 1. The molecule has 1 atom stereocenters. The number of likely N-dealkylation sites (N-methyl/N-ethyl adjacent to an activating group) is 2. The van der Waals surface area contributed by atoms with Crippen molar-refractivity contribution in [1.29, 1.82) is 0 Å². The topological polar surface area (TPSA) is 28.2 Å². The molecule has 3 heteroatoms. The maximum absolute atomic E-state index is 4.39. The van der Waals surface area contributed by atoms with Gasteiger partial charge in [0.25, 0.3) is 0 Å². The van der Waals surface area contributed by atoms with Crippen LogP contribution in [0.15, 0.2) is 18.3 Å². The number of anilines is 1. The van der Waals surface area contributed by atoms with Gasteiger partial charge in [-0.15, -0.1) is 0 Å². The predicted molar refractivity (Wildman–Crippen MR) is 72.1 cm³/mol. The van der Waals surface area contributed by atoms with Crippen LogP contribution in [0.4, 0.5) is 5.82 Å². The zero-order valence-corrected chi connectivity index (χ0v) is 10.1. The van der Waals surface area contributed by atoms with E-state index in [1.54, 1.807) is 0 Å². The lowest BCUT2D eigenvalue weighted by molar-refractivity contribution is 0.563. The molecular formula is C13H25N3. The minimum absolute atomic E-state index is 0. The summed E-state index contributed by atoms with van der Waals surface area (Å²) in [5.74, 6) is 1.03. The van der Waals surface area contributed by atoms with Gasteiger partial charge in [0.15, 0.2) is 0 Å². The molecule has 1 rings (SSSR count). The first-order valence-corrected chi connectivity index (χ1v) is 5.50. The minimum atomic E-state index is 0. The second-order valence-corrected chi connectivity index (χ2v) is 4.03. The molecule has 0 aliphatic rings. The third-order valence-electron chi connectivity index (χ3n) is 2.39. The van der Waals surface area contributed by atoms with Gasteiger partial charge in [-0.3, -0.25) is 0 Å². The lowest BCUT2D eigenvalue weighted by atomic mass is 10.3. The summed E-state index contributed by atoms with van der Waals surface area (Å²) >= 11 is 0. The summed E-state index contributed by atoms with van der Waals surface area (Å²) in [5, 5.41) is 3.39. The molecule has 1 heterocycles. The number of aryl methyl sites for hydroxylation is 1. The van der Waals surface area contributed by atoms with Crippen molar-refractivity contribution in [2.24, 2.45) is 0 Å². The third kappa shape index (κ3) is 4.62. The summed E-state index contributed by atoms with van der Waals surface area (Å²) < 4.78 is 0. The largest absolute Gasteiger partial charge is 0.358 e. The van der Waals surface area contributed by atoms with E-state index in [1.807, 2.05) is 6.20 Å². The smallest absolute Gasteiger partial charge is 0.128 e. The van der Waals surface area contributed by atoms with Gasteiger partial charge in [-0.25, -0.2) is 4.98 Å². The quantitative estimate of drug-likeness (QED) is 0.831. The van der Waals surface area contributed by atoms with E-state index in [0.29, 0.717) is 6.04 Å². The summed E-state index contributed by atoms with van der Waals surface area (Å²) in [7, 11) is 2.07. The van der Waals surface area contributed by atoms with Crippen molar-refractivity contribution < 1.29 is 0 Å². The van der Waals surface area contributed by atoms with Crippen LogP contribution in [0.1, 0.15) is 26.8 Å². The molecule has 0 bridgehead atoms. The maximum atomic E-state index is 4.39. The van der Waals surface area contributed by atoms with Crippen molar-refractivity contribution in [2.45, 2.75) is 34.2 Å². The van der Waals surface area contributed by atoms with Gasteiger partial charge in [0.2, 0.25) is 0 Å². The Morgan fingerprint density at radius 3 is 2.62 bits per heavy atom. The Kier molecular flexibility index (Phi) is 6.74. The molecule has 3 nitrogen and oxygen atoms in total. The Hall–Kier alpha value is -1.09. The molecule has 1 N–H and O–H groups in total. The van der Waals surface area contributed by atoms with Crippen LogP contribution in [0.3, 0.4) is 0 Å². The lowest BCUT2D eigenvalue weighted by Crippen LogP contribution is -2.37. The van der Waals surface area contributed by atoms with Crippen molar-refractivity contribution in [1.82, 2.24) is 10.3 Å². The number of hydrogen-bond acceptors (Lipinski definition) is 3. The summed E-state index contributed by atoms with van der Waals surface area (Å²) in [5.41, 5.74) is 1.20.